The van der Waals surface area contributed by atoms with Gasteiger partial charge in [-0.3, -0.25) is 14.9 Å². The molecule has 0 saturated heterocycles. The second-order valence-electron chi connectivity index (χ2n) is 4.94. The van der Waals surface area contributed by atoms with Crippen LogP contribution in [-0.4, -0.2) is 10.8 Å². The van der Waals surface area contributed by atoms with Crippen LogP contribution in [0.25, 0.3) is 6.08 Å². The summed E-state index contributed by atoms with van der Waals surface area (Å²) >= 11 is 5.87. The van der Waals surface area contributed by atoms with Gasteiger partial charge in [-0.25, -0.2) is 0 Å². The number of nitrogens with one attached hydrogen (secondary N) is 1. The Morgan fingerprint density at radius 1 is 1.33 bits per heavy atom. The minimum atomic E-state index is -0.602. The van der Waals surface area contributed by atoms with Gasteiger partial charge in [0.05, 0.1) is 4.92 Å². The number of non-ortho nitro benzene ring substituents is 1. The normalized spacial score (nSPS) is 10.8. The van der Waals surface area contributed by atoms with Gasteiger partial charge in [0.15, 0.2) is 0 Å². The number of hydrogen-bond acceptors (Lipinski definition) is 4. The third-order valence-corrected chi connectivity index (χ3v) is 3.43. The number of nitro benzene ring substituents is 1. The van der Waals surface area contributed by atoms with Crippen molar-refractivity contribution in [3.63, 3.8) is 0 Å². The van der Waals surface area contributed by atoms with E-state index in [-0.39, 0.29) is 11.3 Å². The summed E-state index contributed by atoms with van der Waals surface area (Å²) in [7, 11) is 0. The number of rotatable bonds is 4. The molecular formula is C17H12ClN3O3. The van der Waals surface area contributed by atoms with E-state index in [0.717, 1.165) is 0 Å². The first-order chi connectivity index (χ1) is 11.4. The summed E-state index contributed by atoms with van der Waals surface area (Å²) in [6.45, 7) is 1.63. The van der Waals surface area contributed by atoms with E-state index in [1.54, 1.807) is 31.2 Å². The van der Waals surface area contributed by atoms with Crippen molar-refractivity contribution in [3.8, 4) is 6.07 Å². The molecule has 0 aromatic heterocycles. The number of carbonyl (C=O) groups excluding carboxylic acids is 1. The molecule has 0 fully saturated rings. The van der Waals surface area contributed by atoms with Crippen molar-refractivity contribution in [3.05, 3.63) is 74.3 Å². The van der Waals surface area contributed by atoms with Gasteiger partial charge >= 0.3 is 0 Å². The number of anilines is 1. The molecule has 2 rings (SSSR count). The van der Waals surface area contributed by atoms with Gasteiger partial charge in [-0.05, 0) is 42.3 Å². The number of nitro groups is 1. The predicted molar refractivity (Wildman–Crippen MR) is 91.5 cm³/mol. The second kappa shape index (κ2) is 7.40. The molecule has 120 valence electrons. The van der Waals surface area contributed by atoms with Crippen LogP contribution in [0.1, 0.15) is 11.1 Å². The summed E-state index contributed by atoms with van der Waals surface area (Å²) < 4.78 is 0. The molecule has 0 spiro atoms. The van der Waals surface area contributed by atoms with E-state index in [0.29, 0.717) is 21.8 Å². The van der Waals surface area contributed by atoms with Crippen molar-refractivity contribution >= 4 is 35.0 Å². The largest absolute Gasteiger partial charge is 0.321 e. The van der Waals surface area contributed by atoms with Crippen LogP contribution in [0.15, 0.2) is 48.0 Å². The van der Waals surface area contributed by atoms with Gasteiger partial charge in [-0.1, -0.05) is 23.7 Å². The number of halogens is 1. The third-order valence-electron chi connectivity index (χ3n) is 3.19. The Balaban J connectivity index is 2.24. The van der Waals surface area contributed by atoms with Crippen molar-refractivity contribution < 1.29 is 9.72 Å². The summed E-state index contributed by atoms with van der Waals surface area (Å²) in [5.41, 5.74) is 1.38. The lowest BCUT2D eigenvalue weighted by molar-refractivity contribution is -0.384. The van der Waals surface area contributed by atoms with Crippen LogP contribution in [0, 0.1) is 28.4 Å². The van der Waals surface area contributed by atoms with Crippen molar-refractivity contribution in [1.82, 2.24) is 0 Å². The number of aryl methyl sites for hydroxylation is 1. The van der Waals surface area contributed by atoms with E-state index in [1.807, 2.05) is 6.07 Å². The number of amides is 1. The fourth-order valence-corrected chi connectivity index (χ4v) is 2.20. The lowest BCUT2D eigenvalue weighted by atomic mass is 10.1. The maximum atomic E-state index is 12.2. The molecule has 0 atom stereocenters. The average Bonchev–Trinajstić information content (AvgIpc) is 2.54. The summed E-state index contributed by atoms with van der Waals surface area (Å²) in [5.74, 6) is -0.602. The van der Waals surface area contributed by atoms with Crippen molar-refractivity contribution in [2.75, 3.05) is 5.32 Å². The van der Waals surface area contributed by atoms with Crippen molar-refractivity contribution in [2.24, 2.45) is 0 Å². The highest BCUT2D eigenvalue weighted by atomic mass is 35.5. The quantitative estimate of drug-likeness (QED) is 0.392. The summed E-state index contributed by atoms with van der Waals surface area (Å²) in [5, 5.41) is 23.0. The monoisotopic (exact) mass is 341 g/mol. The molecule has 24 heavy (non-hydrogen) atoms. The highest BCUT2D eigenvalue weighted by Gasteiger charge is 2.13. The number of nitrogens with zero attached hydrogens (tertiary/aromatic N) is 2. The lowest BCUT2D eigenvalue weighted by Gasteiger charge is -2.07. The molecule has 1 N–H and O–H groups in total. The second-order valence-corrected chi connectivity index (χ2v) is 5.37. The van der Waals surface area contributed by atoms with Crippen LogP contribution in [0.5, 0.6) is 0 Å². The minimum Gasteiger partial charge on any atom is -0.321 e. The molecular weight excluding hydrogens is 330 g/mol. The van der Waals surface area contributed by atoms with Crippen LogP contribution in [0.3, 0.4) is 0 Å². The maximum Gasteiger partial charge on any atom is 0.269 e. The van der Waals surface area contributed by atoms with Crippen LogP contribution < -0.4 is 5.32 Å². The number of carbonyl (C=O) groups is 1. The first kappa shape index (κ1) is 17.2. The zero-order valence-corrected chi connectivity index (χ0v) is 13.4. The molecule has 6 nitrogen and oxygen atoms in total. The summed E-state index contributed by atoms with van der Waals surface area (Å²) in [6.07, 6.45) is 1.42. The zero-order chi connectivity index (χ0) is 17.7. The molecule has 2 aromatic carbocycles. The van der Waals surface area contributed by atoms with Crippen LogP contribution in [0.2, 0.25) is 5.02 Å². The van der Waals surface area contributed by atoms with E-state index >= 15 is 0 Å². The predicted octanol–water partition coefficient (Wildman–Crippen LogP) is 4.10. The molecule has 0 aliphatic rings. The topological polar surface area (TPSA) is 96.0 Å². The summed E-state index contributed by atoms with van der Waals surface area (Å²) in [4.78, 5) is 22.4. The van der Waals surface area contributed by atoms with Gasteiger partial charge in [-0.15, -0.1) is 0 Å². The molecule has 0 bridgehead atoms. The Labute approximate surface area is 143 Å². The molecule has 0 aliphatic carbocycles. The Morgan fingerprint density at radius 3 is 2.67 bits per heavy atom. The van der Waals surface area contributed by atoms with Gasteiger partial charge < -0.3 is 5.32 Å². The first-order valence-corrected chi connectivity index (χ1v) is 7.22. The van der Waals surface area contributed by atoms with E-state index in [2.05, 4.69) is 5.32 Å². The van der Waals surface area contributed by atoms with Crippen molar-refractivity contribution in [1.29, 1.82) is 5.26 Å². The Bertz CT molecular complexity index is 885. The van der Waals surface area contributed by atoms with E-state index in [4.69, 9.17) is 11.6 Å². The third kappa shape index (κ3) is 4.18. The Morgan fingerprint density at radius 2 is 2.08 bits per heavy atom. The molecule has 2 aromatic rings. The molecule has 0 heterocycles. The lowest BCUT2D eigenvalue weighted by Crippen LogP contribution is -2.14. The minimum absolute atomic E-state index is 0.0690. The SMILES string of the molecule is Cc1cc([N+](=O)[O-])ccc1NC(=O)C(C#N)=Cc1cccc(Cl)c1. The standard InChI is InChI=1S/C17H12ClN3O3/c1-11-7-15(21(23)24)5-6-16(11)20-17(22)13(10-19)8-12-3-2-4-14(18)9-12/h2-9H,1H3,(H,20,22). The van der Waals surface area contributed by atoms with Crippen LogP contribution in [-0.2, 0) is 4.79 Å². The molecule has 1 amide bonds. The summed E-state index contributed by atoms with van der Waals surface area (Å²) in [6, 6.07) is 12.6. The zero-order valence-electron chi connectivity index (χ0n) is 12.6. The molecule has 0 radical (unpaired) electrons. The molecule has 0 saturated carbocycles. The first-order valence-electron chi connectivity index (χ1n) is 6.84. The highest BCUT2D eigenvalue weighted by molar-refractivity contribution is 6.30. The van der Waals surface area contributed by atoms with E-state index in [9.17, 15) is 20.2 Å². The van der Waals surface area contributed by atoms with E-state index < -0.39 is 10.8 Å². The number of benzene rings is 2. The fourth-order valence-electron chi connectivity index (χ4n) is 2.00. The van der Waals surface area contributed by atoms with Crippen LogP contribution >= 0.6 is 11.6 Å². The fraction of sp³-hybridized carbons (Fsp3) is 0.0588. The number of nitriles is 1. The highest BCUT2D eigenvalue weighted by Crippen LogP contribution is 2.22. The smallest absolute Gasteiger partial charge is 0.269 e. The van der Waals surface area contributed by atoms with Gasteiger partial charge in [0.25, 0.3) is 11.6 Å². The number of hydrogen-bond donors (Lipinski definition) is 1. The molecule has 0 aliphatic heterocycles. The van der Waals surface area contributed by atoms with Crippen molar-refractivity contribution in [2.45, 2.75) is 6.92 Å². The molecule has 7 heteroatoms. The molecule has 0 unspecified atom stereocenters. The van der Waals surface area contributed by atoms with Gasteiger partial charge in [0.1, 0.15) is 11.6 Å². The Hall–Kier alpha value is -3.17. The van der Waals surface area contributed by atoms with Gasteiger partial charge in [0.2, 0.25) is 0 Å². The Kier molecular flexibility index (Phi) is 5.30. The van der Waals surface area contributed by atoms with Gasteiger partial charge in [-0.2, -0.15) is 5.26 Å². The average molecular weight is 342 g/mol. The van der Waals surface area contributed by atoms with E-state index in [1.165, 1.54) is 24.3 Å². The van der Waals surface area contributed by atoms with Crippen LogP contribution in [0.4, 0.5) is 11.4 Å². The van der Waals surface area contributed by atoms with Gasteiger partial charge in [0, 0.05) is 22.8 Å². The maximum absolute atomic E-state index is 12.2.